The van der Waals surface area contributed by atoms with E-state index in [0.29, 0.717) is 19.7 Å². The molecule has 3 rings (SSSR count). The van der Waals surface area contributed by atoms with Crippen LogP contribution in [-0.2, 0) is 13.2 Å². The van der Waals surface area contributed by atoms with E-state index in [1.807, 2.05) is 66.7 Å². The summed E-state index contributed by atoms with van der Waals surface area (Å²) in [5.41, 5.74) is 3.21. The lowest BCUT2D eigenvalue weighted by molar-refractivity contribution is 0.174. The highest BCUT2D eigenvalue weighted by Crippen LogP contribution is 2.16. The number of hydrogen-bond donors (Lipinski definition) is 2. The summed E-state index contributed by atoms with van der Waals surface area (Å²) in [7, 11) is 0. The molecule has 0 aliphatic carbocycles. The van der Waals surface area contributed by atoms with E-state index in [4.69, 9.17) is 4.74 Å². The number of aliphatic hydroxyl groups excluding tert-OH is 1. The second-order valence-electron chi connectivity index (χ2n) is 5.98. The van der Waals surface area contributed by atoms with E-state index in [1.54, 1.807) is 0 Å². The molecule has 25 heavy (non-hydrogen) atoms. The maximum Gasteiger partial charge on any atom is 0.120 e. The van der Waals surface area contributed by atoms with E-state index >= 15 is 0 Å². The molecule has 2 N–H and O–H groups in total. The van der Waals surface area contributed by atoms with Gasteiger partial charge in [0.2, 0.25) is 0 Å². The van der Waals surface area contributed by atoms with E-state index in [1.165, 1.54) is 0 Å². The topological polar surface area (TPSA) is 41.5 Å². The third-order valence-corrected chi connectivity index (χ3v) is 4.00. The van der Waals surface area contributed by atoms with Gasteiger partial charge in [0.05, 0.1) is 6.10 Å². The van der Waals surface area contributed by atoms with Crippen LogP contribution in [0.25, 0.3) is 0 Å². The first-order valence-corrected chi connectivity index (χ1v) is 8.50. The second kappa shape index (κ2) is 9.02. The first-order valence-electron chi connectivity index (χ1n) is 8.50. The average molecular weight is 333 g/mol. The fraction of sp³-hybridized carbons (Fsp3) is 0.182. The number of benzene rings is 3. The van der Waals surface area contributed by atoms with Gasteiger partial charge in [-0.15, -0.1) is 0 Å². The summed E-state index contributed by atoms with van der Waals surface area (Å²) in [5, 5.41) is 13.5. The summed E-state index contributed by atoms with van der Waals surface area (Å²) in [5.74, 6) is 0.853. The summed E-state index contributed by atoms with van der Waals surface area (Å²) >= 11 is 0. The molecule has 0 aromatic heterocycles. The zero-order chi connectivity index (χ0) is 17.3. The van der Waals surface area contributed by atoms with Crippen molar-refractivity contribution in [1.29, 1.82) is 0 Å². The highest BCUT2D eigenvalue weighted by Gasteiger charge is 2.06. The van der Waals surface area contributed by atoms with Gasteiger partial charge >= 0.3 is 0 Å². The number of nitrogens with one attached hydrogen (secondary N) is 1. The monoisotopic (exact) mass is 333 g/mol. The van der Waals surface area contributed by atoms with Gasteiger partial charge in [0.15, 0.2) is 0 Å². The predicted octanol–water partition coefficient (Wildman–Crippen LogP) is 4.09. The Labute approximate surface area is 148 Å². The van der Waals surface area contributed by atoms with Crippen molar-refractivity contribution in [2.75, 3.05) is 6.54 Å². The minimum atomic E-state index is -0.501. The minimum Gasteiger partial charge on any atom is -0.489 e. The van der Waals surface area contributed by atoms with Crippen molar-refractivity contribution >= 4 is 0 Å². The Morgan fingerprint density at radius 2 is 1.48 bits per heavy atom. The molecule has 0 unspecified atom stereocenters. The van der Waals surface area contributed by atoms with Crippen LogP contribution in [0.5, 0.6) is 5.75 Å². The Balaban J connectivity index is 1.48. The van der Waals surface area contributed by atoms with E-state index < -0.39 is 6.10 Å². The SMILES string of the molecule is O[C@@H](CNCc1cccc(OCc2ccccc2)c1)c1ccccc1. The second-order valence-corrected chi connectivity index (χ2v) is 5.98. The van der Waals surface area contributed by atoms with Gasteiger partial charge in [0.25, 0.3) is 0 Å². The van der Waals surface area contributed by atoms with Crippen molar-refractivity contribution in [2.45, 2.75) is 19.3 Å². The van der Waals surface area contributed by atoms with Crippen molar-refractivity contribution in [2.24, 2.45) is 0 Å². The molecule has 0 saturated heterocycles. The highest BCUT2D eigenvalue weighted by atomic mass is 16.5. The smallest absolute Gasteiger partial charge is 0.120 e. The minimum absolute atomic E-state index is 0.501. The summed E-state index contributed by atoms with van der Waals surface area (Å²) in [4.78, 5) is 0. The van der Waals surface area contributed by atoms with E-state index in [-0.39, 0.29) is 0 Å². The van der Waals surface area contributed by atoms with Gasteiger partial charge in [0.1, 0.15) is 12.4 Å². The summed E-state index contributed by atoms with van der Waals surface area (Å²) in [6.07, 6.45) is -0.501. The molecule has 0 heterocycles. The van der Waals surface area contributed by atoms with Gasteiger partial charge in [-0.25, -0.2) is 0 Å². The lowest BCUT2D eigenvalue weighted by Crippen LogP contribution is -2.21. The van der Waals surface area contributed by atoms with Gasteiger partial charge in [-0.3, -0.25) is 0 Å². The molecule has 128 valence electrons. The fourth-order valence-electron chi connectivity index (χ4n) is 2.63. The average Bonchev–Trinajstić information content (AvgIpc) is 2.68. The molecule has 3 heteroatoms. The first-order chi connectivity index (χ1) is 12.3. The molecule has 0 bridgehead atoms. The van der Waals surface area contributed by atoms with Crippen LogP contribution in [0.15, 0.2) is 84.9 Å². The van der Waals surface area contributed by atoms with Gasteiger partial charge < -0.3 is 15.2 Å². The van der Waals surface area contributed by atoms with Gasteiger partial charge in [-0.1, -0.05) is 72.8 Å². The molecule has 0 spiro atoms. The van der Waals surface area contributed by atoms with Crippen molar-refractivity contribution in [1.82, 2.24) is 5.32 Å². The molecule has 0 amide bonds. The maximum atomic E-state index is 10.2. The lowest BCUT2D eigenvalue weighted by atomic mass is 10.1. The molecule has 0 fully saturated rings. The van der Waals surface area contributed by atoms with Crippen LogP contribution in [0, 0.1) is 0 Å². The summed E-state index contributed by atoms with van der Waals surface area (Å²) in [6.45, 7) is 1.76. The Bertz CT molecular complexity index is 759. The largest absolute Gasteiger partial charge is 0.489 e. The summed E-state index contributed by atoms with van der Waals surface area (Å²) in [6, 6.07) is 27.9. The Morgan fingerprint density at radius 1 is 0.800 bits per heavy atom. The molecule has 0 aliphatic rings. The molecule has 3 nitrogen and oxygen atoms in total. The Hall–Kier alpha value is -2.62. The van der Waals surface area contributed by atoms with Crippen LogP contribution in [0.1, 0.15) is 22.8 Å². The molecule has 3 aromatic carbocycles. The molecule has 0 saturated carbocycles. The molecule has 1 atom stereocenters. The van der Waals surface area contributed by atoms with Crippen LogP contribution in [0.2, 0.25) is 0 Å². The summed E-state index contributed by atoms with van der Waals surface area (Å²) < 4.78 is 5.85. The quantitative estimate of drug-likeness (QED) is 0.652. The molecule has 0 radical (unpaired) electrons. The fourth-order valence-corrected chi connectivity index (χ4v) is 2.63. The zero-order valence-electron chi connectivity index (χ0n) is 14.1. The normalized spacial score (nSPS) is 11.9. The van der Waals surface area contributed by atoms with Crippen LogP contribution in [0.3, 0.4) is 0 Å². The van der Waals surface area contributed by atoms with E-state index in [2.05, 4.69) is 23.5 Å². The van der Waals surface area contributed by atoms with Gasteiger partial charge in [-0.2, -0.15) is 0 Å². The standard InChI is InChI=1S/C22H23NO2/c24-22(20-11-5-2-6-12-20)16-23-15-19-10-7-13-21(14-19)25-17-18-8-3-1-4-9-18/h1-14,22-24H,15-17H2/t22-/m0/s1. The molecular formula is C22H23NO2. The number of hydrogen-bond acceptors (Lipinski definition) is 3. The van der Waals surface area contributed by atoms with Gasteiger partial charge in [0, 0.05) is 13.1 Å². The predicted molar refractivity (Wildman–Crippen MR) is 100 cm³/mol. The Kier molecular flexibility index (Phi) is 6.21. The highest BCUT2D eigenvalue weighted by molar-refractivity contribution is 5.29. The van der Waals surface area contributed by atoms with Crippen LogP contribution in [0.4, 0.5) is 0 Å². The first kappa shape index (κ1) is 17.2. The molecule has 0 aliphatic heterocycles. The number of ether oxygens (including phenoxy) is 1. The zero-order valence-corrected chi connectivity index (χ0v) is 14.1. The lowest BCUT2D eigenvalue weighted by Gasteiger charge is -2.13. The number of rotatable bonds is 8. The van der Waals surface area contributed by atoms with Crippen LogP contribution >= 0.6 is 0 Å². The number of aliphatic hydroxyl groups is 1. The van der Waals surface area contributed by atoms with Crippen molar-refractivity contribution in [3.05, 3.63) is 102 Å². The van der Waals surface area contributed by atoms with Crippen molar-refractivity contribution in [3.63, 3.8) is 0 Å². The van der Waals surface area contributed by atoms with E-state index in [9.17, 15) is 5.11 Å². The molecule has 3 aromatic rings. The third-order valence-electron chi connectivity index (χ3n) is 4.00. The molecular weight excluding hydrogens is 310 g/mol. The van der Waals surface area contributed by atoms with Crippen LogP contribution in [-0.4, -0.2) is 11.7 Å². The van der Waals surface area contributed by atoms with Crippen molar-refractivity contribution in [3.8, 4) is 5.75 Å². The third kappa shape index (κ3) is 5.45. The van der Waals surface area contributed by atoms with E-state index in [0.717, 1.165) is 22.4 Å². The van der Waals surface area contributed by atoms with Crippen LogP contribution < -0.4 is 10.1 Å². The van der Waals surface area contributed by atoms with Gasteiger partial charge in [-0.05, 0) is 28.8 Å². The Morgan fingerprint density at radius 3 is 2.24 bits per heavy atom. The maximum absolute atomic E-state index is 10.2. The van der Waals surface area contributed by atoms with Crippen molar-refractivity contribution < 1.29 is 9.84 Å².